The Labute approximate surface area is 139 Å². The van der Waals surface area contributed by atoms with Crippen molar-refractivity contribution in [2.45, 2.75) is 82.4 Å². The highest BCUT2D eigenvalue weighted by molar-refractivity contribution is 5.17. The van der Waals surface area contributed by atoms with E-state index in [1.165, 1.54) is 37.7 Å². The molecule has 2 unspecified atom stereocenters. The minimum absolute atomic E-state index is 0.222. The molecule has 3 aliphatic rings. The van der Waals surface area contributed by atoms with E-state index in [1.54, 1.807) is 0 Å². The summed E-state index contributed by atoms with van der Waals surface area (Å²) in [5.74, 6) is 0.506. The van der Waals surface area contributed by atoms with Crippen LogP contribution >= 0.6 is 0 Å². The van der Waals surface area contributed by atoms with E-state index in [0.29, 0.717) is 24.7 Å². The van der Waals surface area contributed by atoms with E-state index in [1.807, 2.05) is 0 Å². The Kier molecular flexibility index (Phi) is 4.21. The predicted octanol–water partition coefficient (Wildman–Crippen LogP) is 3.71. The Morgan fingerprint density at radius 3 is 2.87 bits per heavy atom. The van der Waals surface area contributed by atoms with Crippen LogP contribution in [-0.2, 0) is 11.3 Å². The van der Waals surface area contributed by atoms with Crippen molar-refractivity contribution in [1.29, 1.82) is 0 Å². The first-order valence-corrected chi connectivity index (χ1v) is 9.36. The maximum Gasteiger partial charge on any atom is 0.108 e. The molecule has 1 N–H and O–H groups in total. The van der Waals surface area contributed by atoms with Crippen LogP contribution in [0.15, 0.2) is 30.3 Å². The minimum Gasteiger partial charge on any atom is -0.378 e. The average Bonchev–Trinajstić information content (AvgIpc) is 2.97. The Balaban J connectivity index is 1.51. The molecular weight excluding hydrogens is 286 g/mol. The molecule has 0 radical (unpaired) electrons. The van der Waals surface area contributed by atoms with E-state index in [0.717, 1.165) is 12.8 Å². The van der Waals surface area contributed by atoms with Gasteiger partial charge in [0.2, 0.25) is 0 Å². The summed E-state index contributed by atoms with van der Waals surface area (Å²) in [7, 11) is 0. The highest BCUT2D eigenvalue weighted by atomic mass is 16.5. The molecule has 0 aliphatic carbocycles. The molecule has 3 saturated heterocycles. The van der Waals surface area contributed by atoms with Gasteiger partial charge in [-0.2, -0.15) is 0 Å². The molecule has 0 amide bonds. The van der Waals surface area contributed by atoms with Gasteiger partial charge in [-0.1, -0.05) is 50.1 Å². The third-order valence-electron chi connectivity index (χ3n) is 6.52. The zero-order valence-corrected chi connectivity index (χ0v) is 14.2. The molecule has 0 saturated carbocycles. The first kappa shape index (κ1) is 15.6. The molecule has 3 fully saturated rings. The lowest BCUT2D eigenvalue weighted by molar-refractivity contribution is -0.0983. The van der Waals surface area contributed by atoms with Crippen LogP contribution in [0.4, 0.5) is 0 Å². The van der Waals surface area contributed by atoms with E-state index in [-0.39, 0.29) is 11.8 Å². The molecule has 3 nitrogen and oxygen atoms in total. The predicted molar refractivity (Wildman–Crippen MR) is 90.9 cm³/mol. The molecule has 0 spiro atoms. The summed E-state index contributed by atoms with van der Waals surface area (Å²) in [5.41, 5.74) is 1.48. The maximum absolute atomic E-state index is 10.6. The van der Waals surface area contributed by atoms with Gasteiger partial charge >= 0.3 is 0 Å². The smallest absolute Gasteiger partial charge is 0.108 e. The molecule has 1 aromatic carbocycles. The molecule has 4 rings (SSSR count). The number of benzene rings is 1. The topological polar surface area (TPSA) is 32.7 Å². The lowest BCUT2D eigenvalue weighted by atomic mass is 9.75. The molecular formula is C20H29NO2. The summed E-state index contributed by atoms with van der Waals surface area (Å²) in [5, 5.41) is 10.6. The fourth-order valence-electron chi connectivity index (χ4n) is 5.57. The number of aliphatic hydroxyl groups is 1. The summed E-state index contributed by atoms with van der Waals surface area (Å²) < 4.78 is 6.40. The summed E-state index contributed by atoms with van der Waals surface area (Å²) in [4.78, 5) is 2.48. The summed E-state index contributed by atoms with van der Waals surface area (Å²) in [6, 6.07) is 11.0. The lowest BCUT2D eigenvalue weighted by Gasteiger charge is -2.47. The number of ether oxygens (including phenoxy) is 1. The molecule has 3 heterocycles. The van der Waals surface area contributed by atoms with E-state index >= 15 is 0 Å². The van der Waals surface area contributed by atoms with Gasteiger partial charge in [0.25, 0.3) is 0 Å². The van der Waals surface area contributed by atoms with Crippen molar-refractivity contribution in [3.05, 3.63) is 35.9 Å². The van der Waals surface area contributed by atoms with Gasteiger partial charge in [0.15, 0.2) is 0 Å². The van der Waals surface area contributed by atoms with Gasteiger partial charge in [-0.05, 0) is 37.7 Å². The van der Waals surface area contributed by atoms with Crippen LogP contribution in [0, 0.1) is 5.92 Å². The van der Waals surface area contributed by atoms with Crippen LogP contribution in [0.3, 0.4) is 0 Å². The molecule has 126 valence electrons. The van der Waals surface area contributed by atoms with Gasteiger partial charge in [-0.3, -0.25) is 4.90 Å². The zero-order valence-electron chi connectivity index (χ0n) is 14.2. The second-order valence-electron chi connectivity index (χ2n) is 7.70. The summed E-state index contributed by atoms with van der Waals surface area (Å²) in [6.45, 7) is 2.97. The standard InChI is InChI=1S/C20H29NO2/c1-2-3-10-20-11-9-16-12-18(17(20)13-19(22)21(16)20)23-14-15-7-5-4-6-8-15/h4-8,16-19,22H,2-3,9-14H2,1H3/t16-,17-,18+,19?,20+/m0/s1. The molecule has 3 aliphatic heterocycles. The minimum atomic E-state index is -0.241. The third kappa shape index (κ3) is 2.54. The Morgan fingerprint density at radius 2 is 2.09 bits per heavy atom. The molecule has 0 aromatic heterocycles. The van der Waals surface area contributed by atoms with Crippen LogP contribution in [0.2, 0.25) is 0 Å². The summed E-state index contributed by atoms with van der Waals surface area (Å²) >= 11 is 0. The van der Waals surface area contributed by atoms with Crippen LogP contribution in [0.25, 0.3) is 0 Å². The number of hydrogen-bond donors (Lipinski definition) is 1. The van der Waals surface area contributed by atoms with Crippen LogP contribution in [0.1, 0.15) is 57.4 Å². The number of unbranched alkanes of at least 4 members (excludes halogenated alkanes) is 1. The first-order valence-electron chi connectivity index (χ1n) is 9.36. The van der Waals surface area contributed by atoms with Crippen molar-refractivity contribution in [2.75, 3.05) is 0 Å². The molecule has 23 heavy (non-hydrogen) atoms. The van der Waals surface area contributed by atoms with Crippen molar-refractivity contribution in [3.8, 4) is 0 Å². The first-order chi connectivity index (χ1) is 11.2. The van der Waals surface area contributed by atoms with Crippen molar-refractivity contribution in [2.24, 2.45) is 5.92 Å². The number of aliphatic hydroxyl groups excluding tert-OH is 1. The summed E-state index contributed by atoms with van der Waals surface area (Å²) in [6.07, 6.45) is 8.29. The van der Waals surface area contributed by atoms with Crippen molar-refractivity contribution in [1.82, 2.24) is 4.90 Å². The SMILES string of the molecule is CCCC[C@@]12CC[C@H]3C[C@@H](OCc4ccccc4)[C@@H]1CC(O)N32. The van der Waals surface area contributed by atoms with Crippen LogP contribution in [0.5, 0.6) is 0 Å². The van der Waals surface area contributed by atoms with Crippen LogP contribution < -0.4 is 0 Å². The van der Waals surface area contributed by atoms with Crippen molar-refractivity contribution in [3.63, 3.8) is 0 Å². The van der Waals surface area contributed by atoms with Crippen molar-refractivity contribution >= 4 is 0 Å². The van der Waals surface area contributed by atoms with Crippen LogP contribution in [-0.4, -0.2) is 33.9 Å². The van der Waals surface area contributed by atoms with Gasteiger partial charge in [0, 0.05) is 17.5 Å². The number of hydrogen-bond acceptors (Lipinski definition) is 3. The normalized spacial score (nSPS) is 41.4. The molecule has 6 atom stereocenters. The Morgan fingerprint density at radius 1 is 1.26 bits per heavy atom. The van der Waals surface area contributed by atoms with Gasteiger partial charge < -0.3 is 9.84 Å². The highest BCUT2D eigenvalue weighted by Gasteiger charge is 2.63. The molecule has 3 heteroatoms. The quantitative estimate of drug-likeness (QED) is 0.868. The van der Waals surface area contributed by atoms with E-state index in [9.17, 15) is 5.11 Å². The van der Waals surface area contributed by atoms with Gasteiger partial charge in [0.1, 0.15) is 6.23 Å². The second-order valence-corrected chi connectivity index (χ2v) is 7.70. The zero-order chi connectivity index (χ0) is 15.9. The Hall–Kier alpha value is -0.900. The second kappa shape index (κ2) is 6.19. The Bertz CT molecular complexity index is 534. The largest absolute Gasteiger partial charge is 0.378 e. The van der Waals surface area contributed by atoms with E-state index in [4.69, 9.17) is 4.74 Å². The molecule has 1 aromatic rings. The third-order valence-corrected chi connectivity index (χ3v) is 6.52. The van der Waals surface area contributed by atoms with E-state index in [2.05, 4.69) is 42.2 Å². The van der Waals surface area contributed by atoms with Crippen molar-refractivity contribution < 1.29 is 9.84 Å². The van der Waals surface area contributed by atoms with Gasteiger partial charge in [-0.15, -0.1) is 0 Å². The highest BCUT2D eigenvalue weighted by Crippen LogP contribution is 2.58. The number of piperidine rings is 1. The monoisotopic (exact) mass is 315 g/mol. The maximum atomic E-state index is 10.6. The van der Waals surface area contributed by atoms with Gasteiger partial charge in [-0.25, -0.2) is 0 Å². The number of rotatable bonds is 6. The fourth-order valence-corrected chi connectivity index (χ4v) is 5.57. The van der Waals surface area contributed by atoms with Gasteiger partial charge in [0.05, 0.1) is 12.7 Å². The molecule has 4 bridgehead atoms. The number of nitrogens with zero attached hydrogens (tertiary/aromatic N) is 1. The fraction of sp³-hybridized carbons (Fsp3) is 0.700. The van der Waals surface area contributed by atoms with E-state index < -0.39 is 0 Å². The average molecular weight is 315 g/mol. The lowest BCUT2D eigenvalue weighted by Crippen LogP contribution is -2.56.